The molecule has 6 nitrogen and oxygen atoms in total. The zero-order chi connectivity index (χ0) is 16.1. The molecule has 6 heteroatoms. The first-order chi connectivity index (χ1) is 10.5. The fraction of sp³-hybridized carbons (Fsp3) is 0.625. The summed E-state index contributed by atoms with van der Waals surface area (Å²) in [5.74, 6) is 0.283. The molecule has 0 aliphatic carbocycles. The van der Waals surface area contributed by atoms with Crippen LogP contribution in [0.25, 0.3) is 0 Å². The van der Waals surface area contributed by atoms with E-state index in [1.54, 1.807) is 0 Å². The fourth-order valence-corrected chi connectivity index (χ4v) is 2.51. The van der Waals surface area contributed by atoms with Gasteiger partial charge in [-0.1, -0.05) is 37.3 Å². The predicted molar refractivity (Wildman–Crippen MR) is 79.2 cm³/mol. The highest BCUT2D eigenvalue weighted by atomic mass is 16.7. The summed E-state index contributed by atoms with van der Waals surface area (Å²) in [6.07, 6.45) is -5.37. The van der Waals surface area contributed by atoms with E-state index in [0.717, 1.165) is 6.42 Å². The van der Waals surface area contributed by atoms with E-state index in [0.29, 0.717) is 6.61 Å². The van der Waals surface area contributed by atoms with Crippen molar-refractivity contribution in [2.45, 2.75) is 50.0 Å². The molecule has 22 heavy (non-hydrogen) atoms. The van der Waals surface area contributed by atoms with Gasteiger partial charge in [0, 0.05) is 0 Å². The molecule has 4 N–H and O–H groups in total. The van der Waals surface area contributed by atoms with Gasteiger partial charge < -0.3 is 29.9 Å². The highest BCUT2D eigenvalue weighted by Gasteiger charge is 2.43. The third-order valence-electron chi connectivity index (χ3n) is 4.05. The van der Waals surface area contributed by atoms with Crippen molar-refractivity contribution >= 4 is 0 Å². The number of ether oxygens (including phenoxy) is 2. The van der Waals surface area contributed by atoms with Gasteiger partial charge in [-0.3, -0.25) is 0 Å². The molecule has 1 heterocycles. The van der Waals surface area contributed by atoms with Crippen LogP contribution in [0.4, 0.5) is 0 Å². The molecular weight excluding hydrogens is 288 g/mol. The van der Waals surface area contributed by atoms with Crippen molar-refractivity contribution in [1.82, 2.24) is 0 Å². The van der Waals surface area contributed by atoms with E-state index in [4.69, 9.17) is 14.6 Å². The number of benzene rings is 1. The van der Waals surface area contributed by atoms with Crippen molar-refractivity contribution in [2.24, 2.45) is 0 Å². The first-order valence-corrected chi connectivity index (χ1v) is 7.51. The summed E-state index contributed by atoms with van der Waals surface area (Å²) in [5.41, 5.74) is 1.19. The van der Waals surface area contributed by atoms with Crippen LogP contribution in [0, 0.1) is 0 Å². The lowest BCUT2D eigenvalue weighted by Gasteiger charge is -2.39. The quantitative estimate of drug-likeness (QED) is 0.590. The molecule has 0 radical (unpaired) electrons. The molecule has 0 unspecified atom stereocenters. The lowest BCUT2D eigenvalue weighted by molar-refractivity contribution is -0.301. The number of aliphatic hydroxyl groups excluding tert-OH is 4. The van der Waals surface area contributed by atoms with Gasteiger partial charge in [-0.2, -0.15) is 0 Å². The average Bonchev–Trinajstić information content (AvgIpc) is 2.55. The number of hydrogen-bond donors (Lipinski definition) is 4. The van der Waals surface area contributed by atoms with Crippen LogP contribution in [0.5, 0.6) is 0 Å². The Labute approximate surface area is 129 Å². The molecule has 124 valence electrons. The van der Waals surface area contributed by atoms with Gasteiger partial charge in [0.15, 0.2) is 6.29 Å². The van der Waals surface area contributed by atoms with Crippen LogP contribution in [-0.4, -0.2) is 64.3 Å². The molecule has 1 aliphatic heterocycles. The Kier molecular flexibility index (Phi) is 6.31. The molecule has 1 aliphatic rings. The Balaban J connectivity index is 1.83. The van der Waals surface area contributed by atoms with Gasteiger partial charge in [0.25, 0.3) is 0 Å². The Morgan fingerprint density at radius 2 is 1.77 bits per heavy atom. The second kappa shape index (κ2) is 8.01. The minimum Gasteiger partial charge on any atom is -0.394 e. The standard InChI is InChI=1S/C16H24O6/c1-10(11-5-3-2-4-6-11)7-8-21-16-15(20)14(19)13(18)12(9-17)22-16/h2-6,10,12-20H,7-9H2,1H3/t10-,12+,13-,14-,15+,16+/m0/s1. The van der Waals surface area contributed by atoms with Crippen molar-refractivity contribution in [3.05, 3.63) is 35.9 Å². The van der Waals surface area contributed by atoms with Crippen LogP contribution in [0.15, 0.2) is 30.3 Å². The van der Waals surface area contributed by atoms with Crippen molar-refractivity contribution in [2.75, 3.05) is 13.2 Å². The summed E-state index contributed by atoms with van der Waals surface area (Å²) < 4.78 is 10.8. The summed E-state index contributed by atoms with van der Waals surface area (Å²) in [4.78, 5) is 0. The number of hydrogen-bond acceptors (Lipinski definition) is 6. The first-order valence-electron chi connectivity index (χ1n) is 7.51. The van der Waals surface area contributed by atoms with Gasteiger partial charge in [-0.05, 0) is 17.9 Å². The SMILES string of the molecule is C[C@@H](CCO[C@@H]1O[C@H](CO)[C@H](O)[C@H](O)[C@H]1O)c1ccccc1. The monoisotopic (exact) mass is 312 g/mol. The number of aliphatic hydroxyl groups is 4. The predicted octanol–water partition coefficient (Wildman–Crippen LogP) is -0.00330. The summed E-state index contributed by atoms with van der Waals surface area (Å²) in [6, 6.07) is 9.99. The summed E-state index contributed by atoms with van der Waals surface area (Å²) in [5, 5.41) is 38.3. The largest absolute Gasteiger partial charge is 0.394 e. The highest BCUT2D eigenvalue weighted by molar-refractivity contribution is 5.18. The zero-order valence-corrected chi connectivity index (χ0v) is 12.6. The molecule has 0 saturated carbocycles. The molecule has 0 spiro atoms. The second-order valence-corrected chi connectivity index (χ2v) is 5.67. The van der Waals surface area contributed by atoms with Crippen molar-refractivity contribution in [1.29, 1.82) is 0 Å². The van der Waals surface area contributed by atoms with Crippen LogP contribution in [0.3, 0.4) is 0 Å². The Morgan fingerprint density at radius 1 is 1.09 bits per heavy atom. The van der Waals surface area contributed by atoms with Gasteiger partial charge in [0.2, 0.25) is 0 Å². The topological polar surface area (TPSA) is 99.4 Å². The third-order valence-corrected chi connectivity index (χ3v) is 4.05. The van der Waals surface area contributed by atoms with Crippen molar-refractivity contribution < 1.29 is 29.9 Å². The molecule has 1 fully saturated rings. The lowest BCUT2D eigenvalue weighted by atomic mass is 9.98. The summed E-state index contributed by atoms with van der Waals surface area (Å²) in [6.45, 7) is 1.95. The van der Waals surface area contributed by atoms with E-state index in [9.17, 15) is 15.3 Å². The third kappa shape index (κ3) is 4.04. The smallest absolute Gasteiger partial charge is 0.186 e. The minimum absolute atomic E-state index is 0.283. The van der Waals surface area contributed by atoms with Gasteiger partial charge in [0.1, 0.15) is 24.4 Å². The van der Waals surface area contributed by atoms with Crippen molar-refractivity contribution in [3.8, 4) is 0 Å². The van der Waals surface area contributed by atoms with Crippen LogP contribution in [0.1, 0.15) is 24.8 Å². The Bertz CT molecular complexity index is 438. The Hall–Kier alpha value is -1.02. The van der Waals surface area contributed by atoms with Gasteiger partial charge >= 0.3 is 0 Å². The van der Waals surface area contributed by atoms with E-state index >= 15 is 0 Å². The molecule has 0 aromatic heterocycles. The first kappa shape index (κ1) is 17.3. The fourth-order valence-electron chi connectivity index (χ4n) is 2.51. The van der Waals surface area contributed by atoms with E-state index in [1.165, 1.54) is 5.56 Å². The second-order valence-electron chi connectivity index (χ2n) is 5.67. The molecular formula is C16H24O6. The van der Waals surface area contributed by atoms with Gasteiger partial charge in [0.05, 0.1) is 13.2 Å². The summed E-state index contributed by atoms with van der Waals surface area (Å²) in [7, 11) is 0. The van der Waals surface area contributed by atoms with Crippen LogP contribution in [-0.2, 0) is 9.47 Å². The van der Waals surface area contributed by atoms with Gasteiger partial charge in [-0.25, -0.2) is 0 Å². The average molecular weight is 312 g/mol. The van der Waals surface area contributed by atoms with Gasteiger partial charge in [-0.15, -0.1) is 0 Å². The maximum atomic E-state index is 9.86. The van der Waals surface area contributed by atoms with Crippen LogP contribution in [0.2, 0.25) is 0 Å². The zero-order valence-electron chi connectivity index (χ0n) is 12.6. The van der Waals surface area contributed by atoms with E-state index in [1.807, 2.05) is 30.3 Å². The normalized spacial score (nSPS) is 33.6. The molecule has 1 aromatic rings. The molecule has 6 atom stereocenters. The molecule has 2 rings (SSSR count). The molecule has 0 amide bonds. The lowest BCUT2D eigenvalue weighted by Crippen LogP contribution is -2.59. The minimum atomic E-state index is -1.40. The Morgan fingerprint density at radius 3 is 2.41 bits per heavy atom. The van der Waals surface area contributed by atoms with Crippen LogP contribution < -0.4 is 0 Å². The van der Waals surface area contributed by atoms with E-state index in [-0.39, 0.29) is 5.92 Å². The number of rotatable bonds is 6. The highest BCUT2D eigenvalue weighted by Crippen LogP contribution is 2.23. The van der Waals surface area contributed by atoms with E-state index < -0.39 is 37.3 Å². The molecule has 1 saturated heterocycles. The molecule has 1 aromatic carbocycles. The summed E-state index contributed by atoms with van der Waals surface area (Å²) >= 11 is 0. The van der Waals surface area contributed by atoms with E-state index in [2.05, 4.69) is 6.92 Å². The van der Waals surface area contributed by atoms with Crippen molar-refractivity contribution in [3.63, 3.8) is 0 Å². The maximum Gasteiger partial charge on any atom is 0.186 e. The molecule has 0 bridgehead atoms. The maximum absolute atomic E-state index is 9.86. The van der Waals surface area contributed by atoms with Crippen LogP contribution >= 0.6 is 0 Å².